The van der Waals surface area contributed by atoms with Gasteiger partial charge >= 0.3 is 5.97 Å². The summed E-state index contributed by atoms with van der Waals surface area (Å²) in [7, 11) is -3.93. The van der Waals surface area contributed by atoms with E-state index in [0.29, 0.717) is 33.2 Å². The molecule has 3 rings (SSSR count). The van der Waals surface area contributed by atoms with Gasteiger partial charge in [-0.25, -0.2) is 4.79 Å². The molecule has 0 unspecified atom stereocenters. The minimum absolute atomic E-state index is 0.531. The van der Waals surface area contributed by atoms with Crippen LogP contribution in [0, 0.1) is 22.9 Å². The zero-order valence-corrected chi connectivity index (χ0v) is 30.5. The SMILES string of the molecule is CC(C)[Si](C#Cc1cccc2cc3cc(/C=C/C(=O)O)ccc3c(C#C[Si](C(C)C)(C(C)C)C(C)C)c12)(C(C)C)C(C)C. The second-order valence-corrected chi connectivity index (χ2v) is 25.3. The predicted octanol–water partition coefficient (Wildman–Crippen LogP) is 11.2. The summed E-state index contributed by atoms with van der Waals surface area (Å²) in [4.78, 5) is 11.2. The van der Waals surface area contributed by atoms with Gasteiger partial charge in [0.05, 0.1) is 0 Å². The van der Waals surface area contributed by atoms with Crippen LogP contribution in [0.1, 0.15) is 99.8 Å². The number of fused-ring (bicyclic) bond motifs is 2. The van der Waals surface area contributed by atoms with Crippen LogP contribution < -0.4 is 0 Å². The number of rotatable bonds is 8. The van der Waals surface area contributed by atoms with Gasteiger partial charge in [-0.05, 0) is 79.2 Å². The molecule has 0 aliphatic rings. The molecule has 0 heterocycles. The van der Waals surface area contributed by atoms with Crippen LogP contribution in [0.3, 0.4) is 0 Å². The van der Waals surface area contributed by atoms with Crippen LogP contribution in [-0.2, 0) is 4.79 Å². The van der Waals surface area contributed by atoms with Crippen molar-refractivity contribution in [2.24, 2.45) is 0 Å². The van der Waals surface area contributed by atoms with E-state index in [1.165, 1.54) is 6.08 Å². The highest BCUT2D eigenvalue weighted by Gasteiger charge is 2.42. The van der Waals surface area contributed by atoms with Crippen LogP contribution in [0.25, 0.3) is 27.6 Å². The second-order valence-electron chi connectivity index (χ2n) is 14.1. The van der Waals surface area contributed by atoms with Crippen molar-refractivity contribution >= 4 is 49.7 Å². The summed E-state index contributed by atoms with van der Waals surface area (Å²) in [5.74, 6) is 6.65. The van der Waals surface area contributed by atoms with Crippen molar-refractivity contribution in [2.75, 3.05) is 0 Å². The normalized spacial score (nSPS) is 12.7. The Morgan fingerprint density at radius 3 is 1.67 bits per heavy atom. The summed E-state index contributed by atoms with van der Waals surface area (Å²) in [6.07, 6.45) is 2.85. The lowest BCUT2D eigenvalue weighted by atomic mass is 9.93. The summed E-state index contributed by atoms with van der Waals surface area (Å²) in [6, 6.07) is 14.9. The van der Waals surface area contributed by atoms with E-state index in [0.717, 1.165) is 38.2 Å². The third-order valence-corrected chi connectivity index (χ3v) is 22.6. The van der Waals surface area contributed by atoms with Gasteiger partial charge in [-0.1, -0.05) is 119 Å². The zero-order chi connectivity index (χ0) is 32.3. The largest absolute Gasteiger partial charge is 0.478 e. The number of carboxylic acids is 1. The zero-order valence-electron chi connectivity index (χ0n) is 28.5. The molecule has 3 aromatic rings. The molecule has 0 saturated carbocycles. The van der Waals surface area contributed by atoms with E-state index < -0.39 is 22.1 Å². The summed E-state index contributed by atoms with van der Waals surface area (Å²) >= 11 is 0. The fourth-order valence-corrected chi connectivity index (χ4v) is 18.3. The van der Waals surface area contributed by atoms with E-state index in [1.54, 1.807) is 6.08 Å². The molecule has 1 N–H and O–H groups in total. The Kier molecular flexibility index (Phi) is 11.0. The maximum atomic E-state index is 11.2. The molecular formula is C39H52O2Si2. The van der Waals surface area contributed by atoms with Crippen LogP contribution >= 0.6 is 0 Å². The molecule has 0 atom stereocenters. The van der Waals surface area contributed by atoms with E-state index in [-0.39, 0.29) is 0 Å². The quantitative estimate of drug-likeness (QED) is 0.120. The molecular weight excluding hydrogens is 557 g/mol. The van der Waals surface area contributed by atoms with Gasteiger partial charge in [0.25, 0.3) is 0 Å². The maximum absolute atomic E-state index is 11.2. The fourth-order valence-electron chi connectivity index (χ4n) is 7.92. The van der Waals surface area contributed by atoms with Gasteiger partial charge in [-0.15, -0.1) is 11.1 Å². The number of carboxylic acid groups (broad SMARTS) is 1. The maximum Gasteiger partial charge on any atom is 0.328 e. The Balaban J connectivity index is 2.50. The minimum Gasteiger partial charge on any atom is -0.478 e. The average Bonchev–Trinajstić information content (AvgIpc) is 2.90. The summed E-state index contributed by atoms with van der Waals surface area (Å²) in [5.41, 5.74) is 14.2. The van der Waals surface area contributed by atoms with E-state index in [1.807, 2.05) is 6.07 Å². The van der Waals surface area contributed by atoms with E-state index in [4.69, 9.17) is 0 Å². The van der Waals surface area contributed by atoms with Crippen molar-refractivity contribution < 1.29 is 9.90 Å². The molecule has 0 fully saturated rings. The van der Waals surface area contributed by atoms with Crippen molar-refractivity contribution in [3.8, 4) is 22.9 Å². The number of carbonyl (C=O) groups is 1. The molecule has 0 saturated heterocycles. The lowest BCUT2D eigenvalue weighted by Gasteiger charge is -2.38. The Bertz CT molecular complexity index is 1590. The highest BCUT2D eigenvalue weighted by molar-refractivity contribution is 6.91. The fraction of sp³-hybridized carbons (Fsp3) is 0.462. The first-order valence-electron chi connectivity index (χ1n) is 16.1. The van der Waals surface area contributed by atoms with Gasteiger partial charge in [0.2, 0.25) is 0 Å². The second kappa shape index (κ2) is 13.7. The molecule has 0 aliphatic carbocycles. The predicted molar refractivity (Wildman–Crippen MR) is 194 cm³/mol. The number of hydrogen-bond donors (Lipinski definition) is 1. The third kappa shape index (κ3) is 6.72. The van der Waals surface area contributed by atoms with E-state index in [2.05, 4.69) is 142 Å². The summed E-state index contributed by atoms with van der Waals surface area (Å²) < 4.78 is 0. The first-order chi connectivity index (χ1) is 20.1. The first kappa shape index (κ1) is 34.4. The standard InChI is InChI=1S/C39H52O2Si2/c1-26(2)42(27(3)4,28(5)6)22-20-33-14-13-15-34-25-35-24-32(17-19-38(40)41)16-18-36(35)37(39(33)34)21-23-43(29(7)8,30(9)10)31(11)12/h13-19,24-31H,1-12H3,(H,40,41)/b19-17+. The number of hydrogen-bond acceptors (Lipinski definition) is 1. The molecule has 0 radical (unpaired) electrons. The first-order valence-corrected chi connectivity index (χ1v) is 20.5. The Morgan fingerprint density at radius 1 is 0.674 bits per heavy atom. The number of aliphatic carboxylic acids is 1. The van der Waals surface area contributed by atoms with Gasteiger partial charge in [0.1, 0.15) is 16.1 Å². The monoisotopic (exact) mass is 608 g/mol. The molecule has 0 aliphatic heterocycles. The lowest BCUT2D eigenvalue weighted by molar-refractivity contribution is -0.131. The van der Waals surface area contributed by atoms with Crippen LogP contribution in [0.2, 0.25) is 33.2 Å². The van der Waals surface area contributed by atoms with Crippen LogP contribution in [0.4, 0.5) is 0 Å². The highest BCUT2D eigenvalue weighted by atomic mass is 28.3. The lowest BCUT2D eigenvalue weighted by Crippen LogP contribution is -2.43. The van der Waals surface area contributed by atoms with Crippen molar-refractivity contribution in [3.63, 3.8) is 0 Å². The molecule has 43 heavy (non-hydrogen) atoms. The molecule has 0 amide bonds. The van der Waals surface area contributed by atoms with Crippen molar-refractivity contribution in [1.82, 2.24) is 0 Å². The molecule has 0 bridgehead atoms. The van der Waals surface area contributed by atoms with Gasteiger partial charge in [0, 0.05) is 22.6 Å². The van der Waals surface area contributed by atoms with Crippen molar-refractivity contribution in [2.45, 2.75) is 116 Å². The molecule has 228 valence electrons. The summed E-state index contributed by atoms with van der Waals surface area (Å²) in [6.45, 7) is 28.3. The molecule has 4 heteroatoms. The molecule has 0 aromatic heterocycles. The van der Waals surface area contributed by atoms with E-state index >= 15 is 0 Å². The van der Waals surface area contributed by atoms with Crippen LogP contribution in [0.15, 0.2) is 48.5 Å². The summed E-state index contributed by atoms with van der Waals surface area (Å²) in [5, 5.41) is 13.6. The van der Waals surface area contributed by atoms with Crippen LogP contribution in [0.5, 0.6) is 0 Å². The van der Waals surface area contributed by atoms with E-state index in [9.17, 15) is 9.90 Å². The average molecular weight is 609 g/mol. The Labute approximate surface area is 263 Å². The number of benzene rings is 3. The Morgan fingerprint density at radius 2 is 1.19 bits per heavy atom. The molecule has 0 spiro atoms. The smallest absolute Gasteiger partial charge is 0.328 e. The minimum atomic E-state index is -2.00. The van der Waals surface area contributed by atoms with Gasteiger partial charge < -0.3 is 5.11 Å². The molecule has 2 nitrogen and oxygen atoms in total. The van der Waals surface area contributed by atoms with Gasteiger partial charge in [0.15, 0.2) is 0 Å². The van der Waals surface area contributed by atoms with Gasteiger partial charge in [-0.2, -0.15) is 0 Å². The van der Waals surface area contributed by atoms with Gasteiger partial charge in [-0.3, -0.25) is 0 Å². The van der Waals surface area contributed by atoms with Crippen molar-refractivity contribution in [1.29, 1.82) is 0 Å². The highest BCUT2D eigenvalue weighted by Crippen LogP contribution is 2.42. The third-order valence-electron chi connectivity index (χ3n) is 9.97. The van der Waals surface area contributed by atoms with Crippen LogP contribution in [-0.4, -0.2) is 27.2 Å². The Hall–Kier alpha value is -3.06. The topological polar surface area (TPSA) is 37.3 Å². The van der Waals surface area contributed by atoms with Crippen molar-refractivity contribution in [3.05, 3.63) is 65.2 Å². The molecule has 3 aromatic carbocycles.